The minimum Gasteiger partial charge on any atom is -0.394 e. The Kier molecular flexibility index (Phi) is 6.19. The van der Waals surface area contributed by atoms with E-state index in [1.54, 1.807) is 16.2 Å². The Morgan fingerprint density at radius 2 is 2.00 bits per heavy atom. The number of carbonyl (C=O) groups is 1. The average molecular weight is 332 g/mol. The summed E-state index contributed by atoms with van der Waals surface area (Å²) in [5, 5.41) is 13.7. The topological polar surface area (TPSA) is 43.8 Å². The van der Waals surface area contributed by atoms with Crippen LogP contribution >= 0.6 is 11.3 Å². The second-order valence-corrected chi connectivity index (χ2v) is 6.50. The number of aliphatic hydroxyl groups excluding tert-OH is 1. The summed E-state index contributed by atoms with van der Waals surface area (Å²) in [4.78, 5) is 16.9. The quantitative estimate of drug-likeness (QED) is 0.846. The number of carbonyl (C=O) groups excluding carboxylic acids is 1. The first-order valence-electron chi connectivity index (χ1n) is 7.77. The van der Waals surface area contributed by atoms with E-state index in [1.807, 2.05) is 67.0 Å². The molecule has 2 rings (SSSR count). The molecule has 1 heterocycles. The Bertz CT molecular complexity index is 622. The van der Waals surface area contributed by atoms with E-state index in [-0.39, 0.29) is 18.6 Å². The van der Waals surface area contributed by atoms with E-state index in [0.717, 1.165) is 17.7 Å². The Balaban J connectivity index is 2.36. The Labute approximate surface area is 142 Å². The third-order valence-corrected chi connectivity index (χ3v) is 4.66. The van der Waals surface area contributed by atoms with Crippen molar-refractivity contribution in [3.05, 3.63) is 52.2 Å². The molecule has 2 aromatic rings. The van der Waals surface area contributed by atoms with E-state index in [4.69, 9.17) is 0 Å². The normalized spacial score (nSPS) is 12.0. The summed E-state index contributed by atoms with van der Waals surface area (Å²) in [6.45, 7) is 2.48. The molecule has 4 nitrogen and oxygen atoms in total. The first-order valence-corrected chi connectivity index (χ1v) is 8.72. The first kappa shape index (κ1) is 17.5. The molecule has 124 valence electrons. The minimum absolute atomic E-state index is 0.0312. The highest BCUT2D eigenvalue weighted by molar-refractivity contribution is 7.07. The number of aliphatic hydroxyl groups is 1. The molecule has 1 atom stereocenters. The molecule has 0 radical (unpaired) electrons. The van der Waals surface area contributed by atoms with Crippen LogP contribution in [0.25, 0.3) is 0 Å². The Morgan fingerprint density at radius 3 is 2.57 bits per heavy atom. The molecular weight excluding hydrogens is 308 g/mol. The molecule has 0 aliphatic heterocycles. The fraction of sp³-hybridized carbons (Fsp3) is 0.389. The fourth-order valence-corrected chi connectivity index (χ4v) is 3.25. The second kappa shape index (κ2) is 8.13. The molecule has 0 saturated heterocycles. The SMILES string of the molecule is CCC(CO)N(Cc1ccsc1)C(=O)c1ccccc1N(C)C. The van der Waals surface area contributed by atoms with E-state index < -0.39 is 0 Å². The van der Waals surface area contributed by atoms with Gasteiger partial charge >= 0.3 is 0 Å². The molecule has 0 bridgehead atoms. The van der Waals surface area contributed by atoms with E-state index >= 15 is 0 Å². The van der Waals surface area contributed by atoms with Gasteiger partial charge < -0.3 is 14.9 Å². The number of benzene rings is 1. The van der Waals surface area contributed by atoms with Gasteiger partial charge in [-0.25, -0.2) is 0 Å². The molecule has 0 aliphatic rings. The Hall–Kier alpha value is -1.85. The van der Waals surface area contributed by atoms with Crippen molar-refractivity contribution in [2.24, 2.45) is 0 Å². The molecule has 1 N–H and O–H groups in total. The van der Waals surface area contributed by atoms with Crippen LogP contribution in [0.1, 0.15) is 29.3 Å². The molecule has 1 aromatic heterocycles. The summed E-state index contributed by atoms with van der Waals surface area (Å²) in [7, 11) is 3.86. The van der Waals surface area contributed by atoms with Crippen LogP contribution in [-0.2, 0) is 6.54 Å². The van der Waals surface area contributed by atoms with Crippen LogP contribution in [0.15, 0.2) is 41.1 Å². The van der Waals surface area contributed by atoms with Crippen LogP contribution < -0.4 is 4.90 Å². The van der Waals surface area contributed by atoms with Crippen LogP contribution in [-0.4, -0.2) is 42.7 Å². The van der Waals surface area contributed by atoms with Crippen molar-refractivity contribution in [1.29, 1.82) is 0 Å². The van der Waals surface area contributed by atoms with Gasteiger partial charge in [-0.1, -0.05) is 19.1 Å². The lowest BCUT2D eigenvalue weighted by Gasteiger charge is -2.31. The molecule has 23 heavy (non-hydrogen) atoms. The highest BCUT2D eigenvalue weighted by Crippen LogP contribution is 2.23. The first-order chi connectivity index (χ1) is 11.1. The summed E-state index contributed by atoms with van der Waals surface area (Å²) >= 11 is 1.62. The lowest BCUT2D eigenvalue weighted by Crippen LogP contribution is -2.42. The van der Waals surface area contributed by atoms with Gasteiger partial charge in [-0.15, -0.1) is 0 Å². The number of anilines is 1. The van der Waals surface area contributed by atoms with E-state index in [9.17, 15) is 9.90 Å². The van der Waals surface area contributed by atoms with Crippen LogP contribution in [0.2, 0.25) is 0 Å². The van der Waals surface area contributed by atoms with Gasteiger partial charge in [0.05, 0.1) is 18.2 Å². The minimum atomic E-state index is -0.183. The molecule has 0 fully saturated rings. The molecule has 0 spiro atoms. The zero-order chi connectivity index (χ0) is 16.8. The lowest BCUT2D eigenvalue weighted by molar-refractivity contribution is 0.0565. The second-order valence-electron chi connectivity index (χ2n) is 5.72. The Morgan fingerprint density at radius 1 is 1.26 bits per heavy atom. The molecule has 1 aromatic carbocycles. The third kappa shape index (κ3) is 4.12. The number of amides is 1. The molecule has 1 unspecified atom stereocenters. The molecule has 0 saturated carbocycles. The smallest absolute Gasteiger partial charge is 0.256 e. The molecular formula is C18H24N2O2S. The van der Waals surface area contributed by atoms with Crippen LogP contribution in [0.3, 0.4) is 0 Å². The third-order valence-electron chi connectivity index (χ3n) is 3.93. The predicted octanol–water partition coefficient (Wildman–Crippen LogP) is 3.23. The molecule has 0 aliphatic carbocycles. The van der Waals surface area contributed by atoms with Gasteiger partial charge in [-0.3, -0.25) is 4.79 Å². The van der Waals surface area contributed by atoms with Crippen LogP contribution in [0.5, 0.6) is 0 Å². The number of thiophene rings is 1. The number of rotatable bonds is 7. The summed E-state index contributed by atoms with van der Waals surface area (Å²) in [6, 6.07) is 9.44. The number of hydrogen-bond donors (Lipinski definition) is 1. The molecule has 1 amide bonds. The van der Waals surface area contributed by atoms with Gasteiger partial charge in [0, 0.05) is 26.3 Å². The van der Waals surface area contributed by atoms with E-state index in [1.165, 1.54) is 0 Å². The standard InChI is InChI=1S/C18H24N2O2S/c1-4-15(12-21)20(11-14-9-10-23-13-14)18(22)16-7-5-6-8-17(16)19(2)3/h5-10,13,15,21H,4,11-12H2,1-3H3. The summed E-state index contributed by atoms with van der Waals surface area (Å²) in [5.41, 5.74) is 2.65. The van der Waals surface area contributed by atoms with Crippen molar-refractivity contribution in [2.45, 2.75) is 25.9 Å². The predicted molar refractivity (Wildman–Crippen MR) is 96.1 cm³/mol. The summed E-state index contributed by atoms with van der Waals surface area (Å²) in [5.74, 6) is -0.0404. The van der Waals surface area contributed by atoms with Gasteiger partial charge in [0.15, 0.2) is 0 Å². The van der Waals surface area contributed by atoms with Crippen molar-refractivity contribution in [3.63, 3.8) is 0 Å². The van der Waals surface area contributed by atoms with E-state index in [0.29, 0.717) is 12.1 Å². The maximum Gasteiger partial charge on any atom is 0.256 e. The van der Waals surface area contributed by atoms with Crippen molar-refractivity contribution in [2.75, 3.05) is 25.6 Å². The highest BCUT2D eigenvalue weighted by atomic mass is 32.1. The summed E-state index contributed by atoms with van der Waals surface area (Å²) in [6.07, 6.45) is 0.719. The lowest BCUT2D eigenvalue weighted by atomic mass is 10.1. The number of nitrogens with zero attached hydrogens (tertiary/aromatic N) is 2. The maximum atomic E-state index is 13.1. The zero-order valence-electron chi connectivity index (χ0n) is 13.9. The average Bonchev–Trinajstić information content (AvgIpc) is 3.07. The van der Waals surface area contributed by atoms with Gasteiger partial charge in [-0.2, -0.15) is 11.3 Å². The van der Waals surface area contributed by atoms with Crippen LogP contribution in [0, 0.1) is 0 Å². The van der Waals surface area contributed by atoms with Crippen molar-refractivity contribution in [1.82, 2.24) is 4.90 Å². The van der Waals surface area contributed by atoms with Gasteiger partial charge in [0.2, 0.25) is 0 Å². The zero-order valence-corrected chi connectivity index (χ0v) is 14.7. The van der Waals surface area contributed by atoms with Gasteiger partial charge in [-0.05, 0) is 40.9 Å². The highest BCUT2D eigenvalue weighted by Gasteiger charge is 2.25. The number of hydrogen-bond acceptors (Lipinski definition) is 4. The fourth-order valence-electron chi connectivity index (χ4n) is 2.59. The van der Waals surface area contributed by atoms with Crippen molar-refractivity contribution >= 4 is 22.9 Å². The van der Waals surface area contributed by atoms with Crippen LogP contribution in [0.4, 0.5) is 5.69 Å². The van der Waals surface area contributed by atoms with Crippen molar-refractivity contribution < 1.29 is 9.90 Å². The van der Waals surface area contributed by atoms with Crippen molar-refractivity contribution in [3.8, 4) is 0 Å². The van der Waals surface area contributed by atoms with Gasteiger partial charge in [0.1, 0.15) is 0 Å². The molecule has 5 heteroatoms. The monoisotopic (exact) mass is 332 g/mol. The maximum absolute atomic E-state index is 13.1. The van der Waals surface area contributed by atoms with Gasteiger partial charge in [0.25, 0.3) is 5.91 Å². The summed E-state index contributed by atoms with van der Waals surface area (Å²) < 4.78 is 0. The largest absolute Gasteiger partial charge is 0.394 e. The van der Waals surface area contributed by atoms with E-state index in [2.05, 4.69) is 0 Å². The number of para-hydroxylation sites is 1.